The molecule has 0 bridgehead atoms. The summed E-state index contributed by atoms with van der Waals surface area (Å²) in [6.45, 7) is 12.4. The summed E-state index contributed by atoms with van der Waals surface area (Å²) >= 11 is 0. The third kappa shape index (κ3) is 13.5. The SMILES string of the molecule is CO[C@@H]1[C@@H](O)[C@H](O[C@@H]2[C@@H](O)[C@H](O[C@H]3[C@H](O)[C@@H](O)[C@H](O[C@H]4[C@H](O[C@H]5CC[C@]6(C)C7=CC[C@]89C(=O)O[C@@](C)(CCCC(C)C)[C@H]8C(=O)C[C@@]9(C)[C@@H]7CC[C@H]6C5(C)C)OC[C@@H](O[C@@H]5O[C@H](CO)[C@@H](O)[C@H](O[C@@H]6O[C@H](CO)[C@@H](O)[C@H](OC)[C@H]6O)[C@H]5O)[C@@H]4O)O[C@@H]3C)O[C@H](CO)[C@H]2O)O[C@H](CO)[C@H]1O. The maximum absolute atomic E-state index is 14.6. The Morgan fingerprint density at radius 2 is 1.01 bits per heavy atom. The van der Waals surface area contributed by atoms with Crippen molar-refractivity contribution in [2.75, 3.05) is 47.3 Å². The molecule has 4 aliphatic carbocycles. The van der Waals surface area contributed by atoms with E-state index in [0.717, 1.165) is 12.8 Å². The molecule has 0 aromatic carbocycles. The molecular formula is C67H108O32. The monoisotopic (exact) mass is 1420 g/mol. The van der Waals surface area contributed by atoms with E-state index in [4.69, 9.17) is 71.1 Å². The zero-order valence-corrected chi connectivity index (χ0v) is 57.8. The van der Waals surface area contributed by atoms with Crippen molar-refractivity contribution in [3.05, 3.63) is 11.6 Å². The molecule has 11 aliphatic rings. The molecule has 1 spiro atoms. The molecule has 32 nitrogen and oxygen atoms in total. The Kier molecular flexibility index (Phi) is 23.7. The van der Waals surface area contributed by atoms with E-state index in [1.54, 1.807) is 0 Å². The number of cyclic esters (lactones) is 1. The lowest BCUT2D eigenvalue weighted by Gasteiger charge is -2.63. The average molecular weight is 1430 g/mol. The van der Waals surface area contributed by atoms with Gasteiger partial charge in [-0.2, -0.15) is 0 Å². The van der Waals surface area contributed by atoms with Crippen LogP contribution in [-0.2, 0) is 80.6 Å². The first kappa shape index (κ1) is 77.8. The first-order chi connectivity index (χ1) is 46.7. The molecular weight excluding hydrogens is 1320 g/mol. The Hall–Kier alpha value is -2.28. The van der Waals surface area contributed by atoms with E-state index in [1.807, 2.05) is 6.92 Å². The molecule has 0 amide bonds. The number of allylic oxidation sites excluding steroid dienone is 2. The highest BCUT2D eigenvalue weighted by Gasteiger charge is 2.79. The summed E-state index contributed by atoms with van der Waals surface area (Å²) in [5, 5.41) is 167. The van der Waals surface area contributed by atoms with Crippen LogP contribution in [0.1, 0.15) is 113 Å². The van der Waals surface area contributed by atoms with Crippen molar-refractivity contribution in [1.29, 1.82) is 0 Å². The third-order valence-electron chi connectivity index (χ3n) is 24.5. The fourth-order valence-electron chi connectivity index (χ4n) is 19.2. The van der Waals surface area contributed by atoms with Gasteiger partial charge in [0.25, 0.3) is 0 Å². The van der Waals surface area contributed by atoms with Gasteiger partial charge in [0.05, 0.1) is 56.6 Å². The third-order valence-corrected chi connectivity index (χ3v) is 24.5. The molecule has 7 saturated heterocycles. The number of aliphatic hydroxyl groups is 15. The summed E-state index contributed by atoms with van der Waals surface area (Å²) in [6, 6.07) is 0. The quantitative estimate of drug-likeness (QED) is 0.0281. The molecule has 32 heteroatoms. The van der Waals surface area contributed by atoms with Gasteiger partial charge in [0.2, 0.25) is 0 Å². The summed E-state index contributed by atoms with van der Waals surface area (Å²) in [5.41, 5.74) is -2.53. The minimum atomic E-state index is -2.08. The molecule has 568 valence electrons. The number of carbonyl (C=O) groups is 2. The number of esters is 1. The van der Waals surface area contributed by atoms with Gasteiger partial charge in [-0.1, -0.05) is 59.6 Å². The molecule has 7 aliphatic heterocycles. The second-order valence-electron chi connectivity index (χ2n) is 31.1. The number of hydrogen-bond donors (Lipinski definition) is 15. The van der Waals surface area contributed by atoms with Gasteiger partial charge in [0, 0.05) is 20.6 Å². The molecule has 3 saturated carbocycles. The fourth-order valence-corrected chi connectivity index (χ4v) is 19.2. The standard InChI is InChI=1S/C67H108O32/c1-26(2)12-11-17-66(8)55-30(72)20-65(7)29-13-14-36-63(4,5)37(16-18-64(36,6)28(29)15-19-67(55,65)62(84)99-66)94-61-54(42(77)35(25-87-61)93-57-47(82)52(40(75)33(23-70)89-57)96-58-45(80)50(85-9)38(73)31(21-68)90-58)98-56-44(79)43(78)49(27(3)88-56)95-60-48(83)53(41(76)34(24-71)92-60)97-59-46(81)51(86-10)39(74)32(22-69)91-59/h15,26-27,29,31-61,68-71,73-83H,11-14,16-25H2,1-10H3/t27-,29-,31-,32-,33-,34-,35-,36+,37+,38-,39-,40-,41-,42+,43-,44-,45-,46-,47-,48-,49-,50+,51+,52+,53+,54-,55-,56+,57+,58+,59+,60+,61+,64-,65+,66+,67-/m1/s1. The van der Waals surface area contributed by atoms with Crippen LogP contribution in [0.15, 0.2) is 11.6 Å². The van der Waals surface area contributed by atoms with Gasteiger partial charge in [-0.25, -0.2) is 0 Å². The largest absolute Gasteiger partial charge is 0.458 e. The Morgan fingerprint density at radius 3 is 1.52 bits per heavy atom. The smallest absolute Gasteiger partial charge is 0.314 e. The summed E-state index contributed by atoms with van der Waals surface area (Å²) in [4.78, 5) is 29.1. The number of aliphatic hydroxyl groups excluding tert-OH is 15. The van der Waals surface area contributed by atoms with E-state index < -0.39 is 250 Å². The van der Waals surface area contributed by atoms with Crippen LogP contribution in [0.5, 0.6) is 0 Å². The first-order valence-corrected chi connectivity index (χ1v) is 35.0. The van der Waals surface area contributed by atoms with Crippen LogP contribution in [0.4, 0.5) is 0 Å². The van der Waals surface area contributed by atoms with Crippen molar-refractivity contribution in [2.24, 2.45) is 45.3 Å². The number of Topliss-reactive ketones (excluding diaryl/α,β-unsaturated/α-hetero) is 1. The van der Waals surface area contributed by atoms with E-state index >= 15 is 0 Å². The van der Waals surface area contributed by atoms with Crippen LogP contribution < -0.4 is 0 Å². The zero-order chi connectivity index (χ0) is 72.1. The van der Waals surface area contributed by atoms with Gasteiger partial charge in [-0.3, -0.25) is 9.59 Å². The lowest BCUT2D eigenvalue weighted by Crippen LogP contribution is -2.67. The molecule has 0 unspecified atom stereocenters. The molecule has 0 radical (unpaired) electrons. The van der Waals surface area contributed by atoms with E-state index in [2.05, 4.69) is 47.6 Å². The Bertz CT molecular complexity index is 2780. The van der Waals surface area contributed by atoms with Crippen molar-refractivity contribution < 1.29 is 157 Å². The molecule has 7 heterocycles. The second-order valence-corrected chi connectivity index (χ2v) is 31.1. The number of rotatable bonds is 22. The summed E-state index contributed by atoms with van der Waals surface area (Å²) < 4.78 is 90.1. The first-order valence-electron chi connectivity index (χ1n) is 35.0. The minimum absolute atomic E-state index is 0.0590. The van der Waals surface area contributed by atoms with Gasteiger partial charge >= 0.3 is 5.97 Å². The average Bonchev–Trinajstić information content (AvgIpc) is 1.52. The molecule has 0 aromatic heterocycles. The van der Waals surface area contributed by atoms with Crippen LogP contribution in [0.2, 0.25) is 0 Å². The van der Waals surface area contributed by atoms with Crippen LogP contribution in [0.3, 0.4) is 0 Å². The van der Waals surface area contributed by atoms with Crippen molar-refractivity contribution in [1.82, 2.24) is 0 Å². The summed E-state index contributed by atoms with van der Waals surface area (Å²) in [5.74, 6) is -0.494. The lowest BCUT2D eigenvalue weighted by atomic mass is 9.41. The van der Waals surface area contributed by atoms with Crippen LogP contribution in [0.25, 0.3) is 0 Å². The van der Waals surface area contributed by atoms with E-state index in [0.29, 0.717) is 44.4 Å². The highest BCUT2D eigenvalue weighted by Crippen LogP contribution is 2.75. The van der Waals surface area contributed by atoms with Crippen molar-refractivity contribution >= 4 is 11.8 Å². The number of ketones is 1. The fraction of sp³-hybridized carbons (Fsp3) is 0.940. The number of ether oxygens (including phenoxy) is 15. The summed E-state index contributed by atoms with van der Waals surface area (Å²) in [6.07, 6.45) is -42.2. The normalized spacial score (nSPS) is 52.2. The van der Waals surface area contributed by atoms with Crippen molar-refractivity contribution in [3.63, 3.8) is 0 Å². The molecule has 11 rings (SSSR count). The lowest BCUT2D eigenvalue weighted by molar-refractivity contribution is -0.397. The number of fused-ring (bicyclic) bond motifs is 4. The van der Waals surface area contributed by atoms with Gasteiger partial charge in [0.1, 0.15) is 146 Å². The Labute approximate surface area is 574 Å². The van der Waals surface area contributed by atoms with Crippen molar-refractivity contribution in [3.8, 4) is 0 Å². The van der Waals surface area contributed by atoms with Crippen LogP contribution in [-0.4, -0.2) is 325 Å². The highest BCUT2D eigenvalue weighted by molar-refractivity contribution is 5.99. The Morgan fingerprint density at radius 1 is 0.535 bits per heavy atom. The Balaban J connectivity index is 0.837. The van der Waals surface area contributed by atoms with Gasteiger partial charge in [-0.15, -0.1) is 0 Å². The van der Waals surface area contributed by atoms with Gasteiger partial charge < -0.3 is 148 Å². The predicted molar refractivity (Wildman–Crippen MR) is 331 cm³/mol. The number of hydrogen-bond acceptors (Lipinski definition) is 32. The van der Waals surface area contributed by atoms with Crippen LogP contribution >= 0.6 is 0 Å². The number of carbonyl (C=O) groups excluding carboxylic acids is 2. The minimum Gasteiger partial charge on any atom is -0.458 e. The molecule has 10 fully saturated rings. The summed E-state index contributed by atoms with van der Waals surface area (Å²) in [7, 11) is 2.36. The molecule has 37 atom stereocenters. The second kappa shape index (κ2) is 30.2. The maximum Gasteiger partial charge on any atom is 0.314 e. The molecule has 15 N–H and O–H groups in total. The topological polar surface area (TPSA) is 476 Å². The van der Waals surface area contributed by atoms with Gasteiger partial charge in [0.15, 0.2) is 37.7 Å². The predicted octanol–water partition coefficient (Wildman–Crippen LogP) is -3.83. The van der Waals surface area contributed by atoms with Crippen molar-refractivity contribution in [2.45, 2.75) is 303 Å². The van der Waals surface area contributed by atoms with Gasteiger partial charge in [-0.05, 0) is 92.8 Å². The zero-order valence-electron chi connectivity index (χ0n) is 57.8. The highest BCUT2D eigenvalue weighted by atomic mass is 16.8. The van der Waals surface area contributed by atoms with Crippen LogP contribution in [0, 0.1) is 45.3 Å². The van der Waals surface area contributed by atoms with E-state index in [9.17, 15) is 86.2 Å². The van der Waals surface area contributed by atoms with E-state index in [-0.39, 0.29) is 30.0 Å². The van der Waals surface area contributed by atoms with E-state index in [1.165, 1.54) is 26.7 Å². The molecule has 0 aromatic rings. The maximum atomic E-state index is 14.6. The number of methoxy groups -OCH3 is 2. The molecule has 99 heavy (non-hydrogen) atoms.